The monoisotopic (exact) mass is 241 g/mol. The minimum absolute atomic E-state index is 0.221. The summed E-state index contributed by atoms with van der Waals surface area (Å²) in [5.74, 6) is 1.21. The van der Waals surface area contributed by atoms with Crippen molar-refractivity contribution in [3.8, 4) is 0 Å². The van der Waals surface area contributed by atoms with Gasteiger partial charge in [-0.1, -0.05) is 0 Å². The molecule has 2 heterocycles. The Morgan fingerprint density at radius 1 is 1.50 bits per heavy atom. The lowest BCUT2D eigenvalue weighted by molar-refractivity contribution is 0.332. The molecular weight excluding hydrogens is 226 g/mol. The Bertz CT molecular complexity index is 508. The van der Waals surface area contributed by atoms with Crippen molar-refractivity contribution >= 4 is 10.0 Å². The van der Waals surface area contributed by atoms with Crippen molar-refractivity contribution in [2.45, 2.75) is 37.3 Å². The highest BCUT2D eigenvalue weighted by Crippen LogP contribution is 2.40. The van der Waals surface area contributed by atoms with E-state index in [1.807, 2.05) is 0 Å². The molecule has 1 saturated heterocycles. The number of aryl methyl sites for hydroxylation is 1. The fraction of sp³-hybridized carbons (Fsp3) is 0.700. The lowest BCUT2D eigenvalue weighted by Gasteiger charge is -2.25. The van der Waals surface area contributed by atoms with Gasteiger partial charge in [0.2, 0.25) is 0 Å². The van der Waals surface area contributed by atoms with Crippen molar-refractivity contribution in [1.29, 1.82) is 0 Å². The van der Waals surface area contributed by atoms with Crippen LogP contribution in [0.3, 0.4) is 0 Å². The van der Waals surface area contributed by atoms with E-state index in [0.717, 1.165) is 12.8 Å². The fourth-order valence-corrected chi connectivity index (χ4v) is 4.54. The van der Waals surface area contributed by atoms with E-state index in [1.54, 1.807) is 11.2 Å². The second-order valence-electron chi connectivity index (χ2n) is 4.74. The summed E-state index contributed by atoms with van der Waals surface area (Å²) in [5, 5.41) is 0.234. The molecule has 1 aromatic rings. The Balaban J connectivity index is 1.94. The average molecular weight is 241 g/mol. The zero-order chi connectivity index (χ0) is 11.3. The largest absolute Gasteiger partial charge is 0.332 e. The van der Waals surface area contributed by atoms with Gasteiger partial charge in [-0.15, -0.1) is 0 Å². The standard InChI is InChI=1S/C10H15N3O2S/c1-7-11-5-10(12-7)16(14,15)13-6-8-2-3-9(13)4-8/h5,8-9H,2-4,6H2,1H3,(H,11,12). The highest BCUT2D eigenvalue weighted by atomic mass is 32.2. The van der Waals surface area contributed by atoms with Crippen LogP contribution < -0.4 is 0 Å². The van der Waals surface area contributed by atoms with E-state index < -0.39 is 10.0 Å². The van der Waals surface area contributed by atoms with Gasteiger partial charge in [0, 0.05) is 12.6 Å². The number of rotatable bonds is 2. The van der Waals surface area contributed by atoms with Crippen molar-refractivity contribution in [3.05, 3.63) is 12.0 Å². The summed E-state index contributed by atoms with van der Waals surface area (Å²) in [6.07, 6.45) is 4.64. The van der Waals surface area contributed by atoms with Crippen LogP contribution in [0.4, 0.5) is 0 Å². The Hall–Kier alpha value is -0.880. The van der Waals surface area contributed by atoms with E-state index in [2.05, 4.69) is 9.97 Å². The average Bonchev–Trinajstić information content (AvgIpc) is 2.91. The molecule has 2 fully saturated rings. The summed E-state index contributed by atoms with van der Waals surface area (Å²) in [4.78, 5) is 6.77. The van der Waals surface area contributed by atoms with E-state index in [1.165, 1.54) is 12.6 Å². The van der Waals surface area contributed by atoms with Crippen LogP contribution in [0.5, 0.6) is 0 Å². The van der Waals surface area contributed by atoms with Gasteiger partial charge in [-0.3, -0.25) is 0 Å². The maximum absolute atomic E-state index is 12.3. The maximum atomic E-state index is 12.3. The minimum Gasteiger partial charge on any atom is -0.332 e. The smallest absolute Gasteiger partial charge is 0.260 e. The molecule has 1 saturated carbocycles. The summed E-state index contributed by atoms with van der Waals surface area (Å²) < 4.78 is 26.2. The first-order chi connectivity index (χ1) is 7.57. The SMILES string of the molecule is Cc1ncc(S(=O)(=O)N2CC3CCC2C3)[nH]1. The third kappa shape index (κ3) is 1.40. The molecule has 2 bridgehead atoms. The third-order valence-corrected chi connectivity index (χ3v) is 5.45. The van der Waals surface area contributed by atoms with E-state index in [-0.39, 0.29) is 11.1 Å². The molecule has 1 aliphatic heterocycles. The molecule has 2 atom stereocenters. The van der Waals surface area contributed by atoms with Gasteiger partial charge in [0.15, 0.2) is 5.03 Å². The van der Waals surface area contributed by atoms with Crippen molar-refractivity contribution < 1.29 is 8.42 Å². The second kappa shape index (κ2) is 3.30. The van der Waals surface area contributed by atoms with E-state index in [4.69, 9.17) is 0 Å². The highest BCUT2D eigenvalue weighted by Gasteiger charge is 2.44. The van der Waals surface area contributed by atoms with Crippen molar-refractivity contribution in [1.82, 2.24) is 14.3 Å². The van der Waals surface area contributed by atoms with Crippen molar-refractivity contribution in [2.24, 2.45) is 5.92 Å². The van der Waals surface area contributed by atoms with Gasteiger partial charge in [0.05, 0.1) is 6.20 Å². The molecule has 2 aliphatic rings. The molecule has 16 heavy (non-hydrogen) atoms. The first kappa shape index (κ1) is 10.3. The number of fused-ring (bicyclic) bond motifs is 2. The number of H-pyrrole nitrogens is 1. The van der Waals surface area contributed by atoms with Crippen LogP contribution in [0.15, 0.2) is 11.2 Å². The van der Waals surface area contributed by atoms with Gasteiger partial charge in [-0.05, 0) is 32.1 Å². The van der Waals surface area contributed by atoms with Crippen molar-refractivity contribution in [2.75, 3.05) is 6.54 Å². The Labute approximate surface area is 94.9 Å². The highest BCUT2D eigenvalue weighted by molar-refractivity contribution is 7.89. The van der Waals surface area contributed by atoms with Gasteiger partial charge in [-0.25, -0.2) is 13.4 Å². The Morgan fingerprint density at radius 2 is 2.31 bits per heavy atom. The van der Waals surface area contributed by atoms with E-state index in [0.29, 0.717) is 18.3 Å². The quantitative estimate of drug-likeness (QED) is 0.836. The summed E-state index contributed by atoms with van der Waals surface area (Å²) in [7, 11) is -3.33. The topological polar surface area (TPSA) is 66.1 Å². The minimum atomic E-state index is -3.33. The number of hydrogen-bond acceptors (Lipinski definition) is 3. The van der Waals surface area contributed by atoms with Crippen LogP contribution in [-0.4, -0.2) is 35.3 Å². The summed E-state index contributed by atoms with van der Waals surface area (Å²) in [6.45, 7) is 2.44. The van der Waals surface area contributed by atoms with Gasteiger partial charge in [0.1, 0.15) is 5.82 Å². The molecule has 0 aromatic carbocycles. The summed E-state index contributed by atoms with van der Waals surface area (Å²) in [5.41, 5.74) is 0. The molecule has 0 spiro atoms. The number of aromatic amines is 1. The second-order valence-corrected chi connectivity index (χ2v) is 6.60. The molecule has 1 N–H and O–H groups in total. The van der Waals surface area contributed by atoms with E-state index in [9.17, 15) is 8.42 Å². The van der Waals surface area contributed by atoms with Gasteiger partial charge in [-0.2, -0.15) is 4.31 Å². The molecule has 0 amide bonds. The molecule has 1 aromatic heterocycles. The lowest BCUT2D eigenvalue weighted by Crippen LogP contribution is -2.37. The number of nitrogens with zero attached hydrogens (tertiary/aromatic N) is 2. The molecular formula is C10H15N3O2S. The van der Waals surface area contributed by atoms with Crippen LogP contribution in [0, 0.1) is 12.8 Å². The molecule has 5 nitrogen and oxygen atoms in total. The molecule has 1 aliphatic carbocycles. The maximum Gasteiger partial charge on any atom is 0.260 e. The van der Waals surface area contributed by atoms with Crippen LogP contribution >= 0.6 is 0 Å². The first-order valence-electron chi connectivity index (χ1n) is 5.61. The van der Waals surface area contributed by atoms with Crippen LogP contribution in [0.2, 0.25) is 0 Å². The van der Waals surface area contributed by atoms with Crippen LogP contribution in [0.25, 0.3) is 0 Å². The molecule has 0 radical (unpaired) electrons. The van der Waals surface area contributed by atoms with Gasteiger partial charge >= 0.3 is 0 Å². The van der Waals surface area contributed by atoms with Gasteiger partial charge < -0.3 is 4.98 Å². The predicted molar refractivity (Wildman–Crippen MR) is 58.3 cm³/mol. The number of nitrogens with one attached hydrogen (secondary N) is 1. The first-order valence-corrected chi connectivity index (χ1v) is 7.05. The van der Waals surface area contributed by atoms with Crippen molar-refractivity contribution in [3.63, 3.8) is 0 Å². The zero-order valence-electron chi connectivity index (χ0n) is 9.18. The summed E-state index contributed by atoms with van der Waals surface area (Å²) in [6, 6.07) is 0.221. The number of imidazole rings is 1. The molecule has 3 rings (SSSR count). The Morgan fingerprint density at radius 3 is 2.81 bits per heavy atom. The number of piperidine rings is 1. The third-order valence-electron chi connectivity index (χ3n) is 3.63. The Kier molecular flexibility index (Phi) is 2.12. The number of aromatic nitrogens is 2. The predicted octanol–water partition coefficient (Wildman–Crippen LogP) is 0.891. The normalized spacial score (nSPS) is 30.1. The molecule has 88 valence electrons. The molecule has 2 unspecified atom stereocenters. The number of hydrogen-bond donors (Lipinski definition) is 1. The van der Waals surface area contributed by atoms with Crippen LogP contribution in [0.1, 0.15) is 25.1 Å². The van der Waals surface area contributed by atoms with Gasteiger partial charge in [0.25, 0.3) is 10.0 Å². The fourth-order valence-electron chi connectivity index (χ4n) is 2.83. The molecule has 6 heteroatoms. The summed E-state index contributed by atoms with van der Waals surface area (Å²) >= 11 is 0. The number of sulfonamides is 1. The lowest BCUT2D eigenvalue weighted by atomic mass is 10.1. The zero-order valence-corrected chi connectivity index (χ0v) is 10.00. The van der Waals surface area contributed by atoms with E-state index >= 15 is 0 Å². The van der Waals surface area contributed by atoms with Crippen LogP contribution in [-0.2, 0) is 10.0 Å².